The molecular formula is C13H12N2O3. The molecular weight excluding hydrogens is 232 g/mol. The second-order valence-corrected chi connectivity index (χ2v) is 4.09. The SMILES string of the molecule is Cc1cc(-c2ccc(N)cc2O)cc([N+](=O)[O-])c1. The minimum absolute atomic E-state index is 0.00113. The highest BCUT2D eigenvalue weighted by Crippen LogP contribution is 2.33. The molecule has 2 rings (SSSR count). The molecule has 0 unspecified atom stereocenters. The van der Waals surface area contributed by atoms with Crippen molar-refractivity contribution in [2.24, 2.45) is 0 Å². The summed E-state index contributed by atoms with van der Waals surface area (Å²) in [6.45, 7) is 1.77. The molecule has 0 fully saturated rings. The number of aromatic hydroxyl groups is 1. The van der Waals surface area contributed by atoms with Crippen LogP contribution in [-0.2, 0) is 0 Å². The average Bonchev–Trinajstić information content (AvgIpc) is 2.27. The highest BCUT2D eigenvalue weighted by molar-refractivity contribution is 5.74. The lowest BCUT2D eigenvalue weighted by Gasteiger charge is -2.07. The summed E-state index contributed by atoms with van der Waals surface area (Å²) in [5, 5.41) is 20.6. The average molecular weight is 244 g/mol. The number of hydrogen-bond acceptors (Lipinski definition) is 4. The van der Waals surface area contributed by atoms with Crippen molar-refractivity contribution in [1.82, 2.24) is 0 Å². The minimum atomic E-state index is -0.454. The largest absolute Gasteiger partial charge is 0.507 e. The third-order valence-electron chi connectivity index (χ3n) is 2.61. The van der Waals surface area contributed by atoms with E-state index in [4.69, 9.17) is 5.73 Å². The molecule has 0 atom stereocenters. The molecule has 0 radical (unpaired) electrons. The number of benzene rings is 2. The molecule has 0 aliphatic rings. The molecule has 2 aromatic rings. The van der Waals surface area contributed by atoms with Crippen LogP contribution in [-0.4, -0.2) is 10.0 Å². The van der Waals surface area contributed by atoms with Crippen LogP contribution in [0.2, 0.25) is 0 Å². The lowest BCUT2D eigenvalue weighted by Crippen LogP contribution is -1.91. The predicted octanol–water partition coefficient (Wildman–Crippen LogP) is 2.86. The van der Waals surface area contributed by atoms with E-state index in [1.165, 1.54) is 18.2 Å². The molecule has 0 aromatic heterocycles. The Balaban J connectivity index is 2.60. The molecule has 3 N–H and O–H groups in total. The molecule has 0 heterocycles. The molecule has 0 spiro atoms. The second-order valence-electron chi connectivity index (χ2n) is 4.09. The van der Waals surface area contributed by atoms with Crippen LogP contribution in [0.15, 0.2) is 36.4 Å². The fourth-order valence-corrected chi connectivity index (χ4v) is 1.82. The Hall–Kier alpha value is -2.56. The van der Waals surface area contributed by atoms with E-state index in [-0.39, 0.29) is 11.4 Å². The Bertz CT molecular complexity index is 624. The van der Waals surface area contributed by atoms with E-state index < -0.39 is 4.92 Å². The molecule has 5 heteroatoms. The first kappa shape index (κ1) is 11.9. The van der Waals surface area contributed by atoms with Gasteiger partial charge in [-0.15, -0.1) is 0 Å². The van der Waals surface area contributed by atoms with Crippen LogP contribution in [0.1, 0.15) is 5.56 Å². The fourth-order valence-electron chi connectivity index (χ4n) is 1.82. The van der Waals surface area contributed by atoms with Gasteiger partial charge in [0.1, 0.15) is 5.75 Å². The lowest BCUT2D eigenvalue weighted by molar-refractivity contribution is -0.384. The van der Waals surface area contributed by atoms with Gasteiger partial charge in [-0.05, 0) is 30.2 Å². The summed E-state index contributed by atoms with van der Waals surface area (Å²) in [6, 6.07) is 9.39. The zero-order chi connectivity index (χ0) is 13.3. The van der Waals surface area contributed by atoms with Gasteiger partial charge in [-0.3, -0.25) is 10.1 Å². The standard InChI is InChI=1S/C13H12N2O3/c1-8-4-9(6-11(5-8)15(17)18)12-3-2-10(14)7-13(12)16/h2-7,16H,14H2,1H3. The van der Waals surface area contributed by atoms with Gasteiger partial charge in [-0.25, -0.2) is 0 Å². The van der Waals surface area contributed by atoms with Crippen molar-refractivity contribution in [3.63, 3.8) is 0 Å². The van der Waals surface area contributed by atoms with E-state index >= 15 is 0 Å². The number of nitrogen functional groups attached to an aromatic ring is 1. The lowest BCUT2D eigenvalue weighted by atomic mass is 10.0. The molecule has 5 nitrogen and oxygen atoms in total. The predicted molar refractivity (Wildman–Crippen MR) is 69.3 cm³/mol. The van der Waals surface area contributed by atoms with Crippen LogP contribution in [0, 0.1) is 17.0 Å². The number of phenolic OH excluding ortho intramolecular Hbond substituents is 1. The maximum absolute atomic E-state index is 10.8. The van der Waals surface area contributed by atoms with Crippen molar-refractivity contribution in [3.8, 4) is 16.9 Å². The van der Waals surface area contributed by atoms with Crippen LogP contribution in [0.3, 0.4) is 0 Å². The van der Waals surface area contributed by atoms with Crippen molar-refractivity contribution in [2.45, 2.75) is 6.92 Å². The van der Waals surface area contributed by atoms with Crippen molar-refractivity contribution in [3.05, 3.63) is 52.1 Å². The Kier molecular flexibility index (Phi) is 2.89. The second kappa shape index (κ2) is 4.37. The number of anilines is 1. The first-order chi connectivity index (χ1) is 8.47. The van der Waals surface area contributed by atoms with Gasteiger partial charge in [0, 0.05) is 29.4 Å². The first-order valence-electron chi connectivity index (χ1n) is 5.32. The van der Waals surface area contributed by atoms with Gasteiger partial charge in [0.2, 0.25) is 0 Å². The smallest absolute Gasteiger partial charge is 0.270 e. The van der Waals surface area contributed by atoms with Crippen LogP contribution >= 0.6 is 0 Å². The summed E-state index contributed by atoms with van der Waals surface area (Å²) in [5.41, 5.74) is 7.87. The topological polar surface area (TPSA) is 89.4 Å². The van der Waals surface area contributed by atoms with E-state index in [2.05, 4.69) is 0 Å². The molecule has 2 aromatic carbocycles. The minimum Gasteiger partial charge on any atom is -0.507 e. The van der Waals surface area contributed by atoms with E-state index in [9.17, 15) is 15.2 Å². The molecule has 18 heavy (non-hydrogen) atoms. The Morgan fingerprint density at radius 2 is 1.94 bits per heavy atom. The highest BCUT2D eigenvalue weighted by Gasteiger charge is 2.11. The van der Waals surface area contributed by atoms with Crippen LogP contribution in [0.25, 0.3) is 11.1 Å². The number of aryl methyl sites for hydroxylation is 1. The summed E-state index contributed by atoms with van der Waals surface area (Å²) in [4.78, 5) is 10.3. The maximum atomic E-state index is 10.8. The number of phenols is 1. The highest BCUT2D eigenvalue weighted by atomic mass is 16.6. The van der Waals surface area contributed by atoms with Gasteiger partial charge in [0.05, 0.1) is 4.92 Å². The number of nitro groups is 1. The summed E-state index contributed by atoms with van der Waals surface area (Å²) < 4.78 is 0. The Morgan fingerprint density at radius 1 is 1.22 bits per heavy atom. The molecule has 0 aliphatic heterocycles. The van der Waals surface area contributed by atoms with Crippen molar-refractivity contribution < 1.29 is 10.0 Å². The molecule has 92 valence electrons. The fraction of sp³-hybridized carbons (Fsp3) is 0.0769. The first-order valence-corrected chi connectivity index (χ1v) is 5.32. The van der Waals surface area contributed by atoms with E-state index in [0.29, 0.717) is 16.8 Å². The van der Waals surface area contributed by atoms with Gasteiger partial charge in [0.25, 0.3) is 5.69 Å². The molecule has 0 aliphatic carbocycles. The quantitative estimate of drug-likeness (QED) is 0.483. The molecule has 0 amide bonds. The molecule has 0 bridgehead atoms. The Labute approximate surface area is 104 Å². The number of non-ortho nitro benzene ring substituents is 1. The van der Waals surface area contributed by atoms with Gasteiger partial charge in [-0.1, -0.05) is 6.07 Å². The van der Waals surface area contributed by atoms with Crippen LogP contribution in [0.5, 0.6) is 5.75 Å². The normalized spacial score (nSPS) is 10.3. The summed E-state index contributed by atoms with van der Waals surface area (Å²) >= 11 is 0. The Morgan fingerprint density at radius 3 is 2.56 bits per heavy atom. The third kappa shape index (κ3) is 2.24. The van der Waals surface area contributed by atoms with E-state index in [1.54, 1.807) is 25.1 Å². The number of nitrogens with two attached hydrogens (primary N) is 1. The van der Waals surface area contributed by atoms with Crippen molar-refractivity contribution >= 4 is 11.4 Å². The maximum Gasteiger partial charge on any atom is 0.270 e. The van der Waals surface area contributed by atoms with Crippen LogP contribution in [0.4, 0.5) is 11.4 Å². The number of rotatable bonds is 2. The van der Waals surface area contributed by atoms with Gasteiger partial charge in [0.15, 0.2) is 0 Å². The van der Waals surface area contributed by atoms with Crippen molar-refractivity contribution in [1.29, 1.82) is 0 Å². The zero-order valence-electron chi connectivity index (χ0n) is 9.75. The molecule has 0 saturated heterocycles. The van der Waals surface area contributed by atoms with E-state index in [0.717, 1.165) is 5.56 Å². The van der Waals surface area contributed by atoms with Crippen molar-refractivity contribution in [2.75, 3.05) is 5.73 Å². The number of nitro benzene ring substituents is 1. The van der Waals surface area contributed by atoms with E-state index in [1.807, 2.05) is 0 Å². The van der Waals surface area contributed by atoms with Gasteiger partial charge < -0.3 is 10.8 Å². The monoisotopic (exact) mass is 244 g/mol. The summed E-state index contributed by atoms with van der Waals surface area (Å²) in [6.07, 6.45) is 0. The van der Waals surface area contributed by atoms with Gasteiger partial charge >= 0.3 is 0 Å². The van der Waals surface area contributed by atoms with Crippen LogP contribution < -0.4 is 5.73 Å². The summed E-state index contributed by atoms with van der Waals surface area (Å²) in [7, 11) is 0. The number of hydrogen-bond donors (Lipinski definition) is 2. The zero-order valence-corrected chi connectivity index (χ0v) is 9.75. The third-order valence-corrected chi connectivity index (χ3v) is 2.61. The molecule has 0 saturated carbocycles. The van der Waals surface area contributed by atoms with Gasteiger partial charge in [-0.2, -0.15) is 0 Å². The summed E-state index contributed by atoms with van der Waals surface area (Å²) in [5.74, 6) is 0.00916. The number of nitrogens with zero attached hydrogens (tertiary/aromatic N) is 1.